The van der Waals surface area contributed by atoms with Crippen LogP contribution in [0.3, 0.4) is 0 Å². The molecule has 1 aliphatic rings. The van der Waals surface area contributed by atoms with Gasteiger partial charge >= 0.3 is 28.4 Å². The van der Waals surface area contributed by atoms with Crippen molar-refractivity contribution in [1.29, 1.82) is 0 Å². The molecule has 0 aromatic heterocycles. The Kier molecular flexibility index (Phi) is 14.3. The summed E-state index contributed by atoms with van der Waals surface area (Å²) in [6.07, 6.45) is 8.28. The molecule has 0 fully saturated rings. The number of halogens is 2. The van der Waals surface area contributed by atoms with Gasteiger partial charge in [0.2, 0.25) is 0 Å². The van der Waals surface area contributed by atoms with Gasteiger partial charge in [0.25, 0.3) is 0 Å². The van der Waals surface area contributed by atoms with Crippen molar-refractivity contribution >= 4 is 25.8 Å². The summed E-state index contributed by atoms with van der Waals surface area (Å²) < 4.78 is 3.34. The van der Waals surface area contributed by atoms with E-state index in [9.17, 15) is 0 Å². The normalized spacial score (nSPS) is 15.3. The van der Waals surface area contributed by atoms with Crippen molar-refractivity contribution in [2.75, 3.05) is 0 Å². The zero-order valence-corrected chi connectivity index (χ0v) is 29.5. The summed E-state index contributed by atoms with van der Waals surface area (Å²) in [6.45, 7) is 25.0. The van der Waals surface area contributed by atoms with Crippen molar-refractivity contribution in [3.63, 3.8) is 0 Å². The first-order valence-corrected chi connectivity index (χ1v) is 15.2. The Bertz CT molecular complexity index is 1170. The molecule has 3 heteroatoms. The Labute approximate surface area is 261 Å². The maximum absolute atomic E-state index is 3.57. The molecule has 3 aromatic carbocycles. The summed E-state index contributed by atoms with van der Waals surface area (Å²) in [6, 6.07) is 16.1. The van der Waals surface area contributed by atoms with Crippen molar-refractivity contribution in [2.45, 2.75) is 99.8 Å². The summed E-state index contributed by atoms with van der Waals surface area (Å²) in [5.41, 5.74) is 6.45. The molecule has 0 saturated carbocycles. The summed E-state index contributed by atoms with van der Waals surface area (Å²) in [5, 5.41) is 5.49. The smallest absolute Gasteiger partial charge is 1.00 e. The predicted octanol–water partition coefficient (Wildman–Crippen LogP) is 4.42. The second-order valence-corrected chi connectivity index (χ2v) is 13.1. The van der Waals surface area contributed by atoms with E-state index in [1.807, 2.05) is 0 Å². The molecule has 1 aliphatic carbocycles. The molecule has 0 aliphatic heterocycles. The van der Waals surface area contributed by atoms with E-state index in [-0.39, 0.29) is 35.6 Å². The van der Waals surface area contributed by atoms with E-state index < -0.39 is 0 Å². The van der Waals surface area contributed by atoms with Gasteiger partial charge in [-0.3, -0.25) is 6.08 Å². The molecule has 0 radical (unpaired) electrons. The molecule has 4 rings (SSSR count). The summed E-state index contributed by atoms with van der Waals surface area (Å²) in [7, 11) is 0. The first-order valence-electron chi connectivity index (χ1n) is 13.5. The summed E-state index contributed by atoms with van der Waals surface area (Å²) >= 11 is 1.30. The molecule has 1 atom stereocenters. The van der Waals surface area contributed by atoms with E-state index in [0.29, 0.717) is 11.3 Å². The second-order valence-electron chi connectivity index (χ2n) is 13.1. The van der Waals surface area contributed by atoms with Gasteiger partial charge in [0.05, 0.1) is 0 Å². The van der Waals surface area contributed by atoms with Crippen LogP contribution in [-0.4, -0.2) is 4.21 Å². The minimum atomic E-state index is 0. The van der Waals surface area contributed by atoms with Gasteiger partial charge in [0.15, 0.2) is 0 Å². The first kappa shape index (κ1) is 37.1. The zero-order chi connectivity index (χ0) is 27.5. The molecule has 0 N–H and O–H groups in total. The number of fused-ring (bicyclic) bond motifs is 3. The van der Waals surface area contributed by atoms with E-state index in [1.165, 1.54) is 74.5 Å². The van der Waals surface area contributed by atoms with Crippen LogP contribution in [-0.2, 0) is 35.1 Å². The average Bonchev–Trinajstić information content (AvgIpc) is 3.40. The van der Waals surface area contributed by atoms with E-state index in [2.05, 4.69) is 135 Å². The summed E-state index contributed by atoms with van der Waals surface area (Å²) in [4.78, 5) is 0. The van der Waals surface area contributed by atoms with E-state index in [4.69, 9.17) is 0 Å². The maximum Gasteiger partial charge on any atom is -1.00 e. The molecule has 0 heterocycles. The van der Waals surface area contributed by atoms with Crippen LogP contribution in [0.4, 0.5) is 0 Å². The maximum atomic E-state index is 3.57. The third-order valence-electron chi connectivity index (χ3n) is 7.09. The van der Waals surface area contributed by atoms with Crippen LogP contribution in [0.2, 0.25) is 0 Å². The molecule has 208 valence electrons. The number of hydrogen-bond donors (Lipinski definition) is 0. The number of rotatable bonds is 2. The zero-order valence-electron chi connectivity index (χ0n) is 25.6. The van der Waals surface area contributed by atoms with Gasteiger partial charge in [-0.15, -0.1) is 39.7 Å². The van der Waals surface area contributed by atoms with Gasteiger partial charge in [-0.2, -0.15) is 11.6 Å². The SMILES string of the molecule is CC(C)(C)c1ccc2[cH-]c3ccc(C(C)(C)C)cc3c2c1.CCC1=[C-]C(CC)C=C1C(C)(C)C.[CH2]=[Zr+2].[Cl-].[Cl-]. The fourth-order valence-electron chi connectivity index (χ4n) is 4.79. The molecule has 1 unspecified atom stereocenters. The Hall–Kier alpha value is -0.877. The third kappa shape index (κ3) is 9.08. The quantitative estimate of drug-likeness (QED) is 0.368. The molecule has 0 amide bonds. The van der Waals surface area contributed by atoms with Crippen molar-refractivity contribution < 1.29 is 49.0 Å². The summed E-state index contributed by atoms with van der Waals surface area (Å²) in [5.74, 6) is 0.573. The molecule has 0 nitrogen and oxygen atoms in total. The van der Waals surface area contributed by atoms with Crippen LogP contribution in [0.15, 0.2) is 59.7 Å². The molecule has 0 bridgehead atoms. The van der Waals surface area contributed by atoms with Crippen LogP contribution >= 0.6 is 0 Å². The van der Waals surface area contributed by atoms with Gasteiger partial charge in [-0.25, -0.2) is 5.57 Å². The first-order chi connectivity index (χ1) is 16.6. The van der Waals surface area contributed by atoms with Crippen LogP contribution in [0, 0.1) is 17.4 Å². The van der Waals surface area contributed by atoms with Gasteiger partial charge in [0.1, 0.15) is 0 Å². The van der Waals surface area contributed by atoms with Crippen LogP contribution < -0.4 is 24.8 Å². The number of allylic oxidation sites excluding steroid dienone is 4. The van der Waals surface area contributed by atoms with E-state index >= 15 is 0 Å². The minimum Gasteiger partial charge on any atom is -1.00 e. The standard InChI is InChI=1S/C21H25.C13H21.CH2.2ClH.Zr/c1-20(2,3)16-9-7-14-11-15-8-10-17(21(4,5)6)13-19(15)18(14)12-16;1-6-10-8-11(7-2)12(9-10)13(3,4)5;;;;/h7-13H,1-6H3;9-10H,6-7H2,1-5H3;1H2;2*1H;/q2*-1;;;;+2/p-2. The Balaban J connectivity index is 0.000000703. The van der Waals surface area contributed by atoms with Gasteiger partial charge in [-0.05, 0) is 10.8 Å². The molecular weight excluding hydrogens is 583 g/mol. The molecule has 38 heavy (non-hydrogen) atoms. The Morgan fingerprint density at radius 2 is 1.16 bits per heavy atom. The predicted molar refractivity (Wildman–Crippen MR) is 160 cm³/mol. The van der Waals surface area contributed by atoms with Gasteiger partial charge < -0.3 is 24.8 Å². The number of hydrogen-bond acceptors (Lipinski definition) is 0. The third-order valence-corrected chi connectivity index (χ3v) is 7.09. The molecular formula is C35H48Cl2Zr-2. The van der Waals surface area contributed by atoms with Crippen LogP contribution in [0.25, 0.3) is 21.5 Å². The second kappa shape index (κ2) is 14.7. The van der Waals surface area contributed by atoms with Crippen molar-refractivity contribution in [3.8, 4) is 0 Å². The van der Waals surface area contributed by atoms with Gasteiger partial charge in [0, 0.05) is 0 Å². The molecule has 0 spiro atoms. The monoisotopic (exact) mass is 628 g/mol. The topological polar surface area (TPSA) is 0 Å². The van der Waals surface area contributed by atoms with E-state index in [1.54, 1.807) is 0 Å². The van der Waals surface area contributed by atoms with Crippen LogP contribution in [0.5, 0.6) is 0 Å². The van der Waals surface area contributed by atoms with Gasteiger partial charge in [-0.1, -0.05) is 136 Å². The van der Waals surface area contributed by atoms with Crippen molar-refractivity contribution in [3.05, 3.63) is 76.9 Å². The van der Waals surface area contributed by atoms with Crippen molar-refractivity contribution in [1.82, 2.24) is 0 Å². The van der Waals surface area contributed by atoms with E-state index in [0.717, 1.165) is 6.42 Å². The Morgan fingerprint density at radius 3 is 1.45 bits per heavy atom. The fourth-order valence-corrected chi connectivity index (χ4v) is 4.79. The Morgan fingerprint density at radius 1 is 0.737 bits per heavy atom. The van der Waals surface area contributed by atoms with Crippen molar-refractivity contribution in [2.24, 2.45) is 11.3 Å². The largest absolute Gasteiger partial charge is 1.00 e. The molecule has 0 saturated heterocycles. The fraction of sp³-hybridized carbons (Fsp3) is 0.486. The molecule has 3 aromatic rings. The van der Waals surface area contributed by atoms with Crippen LogP contribution in [0.1, 0.15) is 100 Å². The average molecular weight is 631 g/mol. The number of benzene rings is 2. The minimum absolute atomic E-state index is 0.